The number of benzene rings is 1. The Hall–Kier alpha value is -1.60. The van der Waals surface area contributed by atoms with Gasteiger partial charge in [-0.3, -0.25) is 0 Å². The van der Waals surface area contributed by atoms with Crippen LogP contribution >= 0.6 is 0 Å². The lowest BCUT2D eigenvalue weighted by Crippen LogP contribution is -2.27. The Bertz CT molecular complexity index is 660. The predicted molar refractivity (Wildman–Crippen MR) is 83.2 cm³/mol. The molecule has 2 aromatic rings. The highest BCUT2D eigenvalue weighted by molar-refractivity contribution is 5.77. The van der Waals surface area contributed by atoms with Crippen LogP contribution < -0.4 is 0 Å². The van der Waals surface area contributed by atoms with Crippen molar-refractivity contribution in [3.63, 3.8) is 0 Å². The SMILES string of the molecule is CCN(CC)CCn1c(C(C)O)nc2cc(C(F)(F)F)ccc21. The zero-order valence-corrected chi connectivity index (χ0v) is 13.6. The summed E-state index contributed by atoms with van der Waals surface area (Å²) in [6.45, 7) is 8.79. The van der Waals surface area contributed by atoms with Gasteiger partial charge in [0.25, 0.3) is 0 Å². The second kappa shape index (κ2) is 6.88. The molecule has 128 valence electrons. The summed E-state index contributed by atoms with van der Waals surface area (Å²) in [5.41, 5.74) is 0.145. The number of imidazole rings is 1. The Kier molecular flexibility index (Phi) is 5.31. The largest absolute Gasteiger partial charge is 0.416 e. The molecule has 0 spiro atoms. The van der Waals surface area contributed by atoms with Crippen molar-refractivity contribution >= 4 is 11.0 Å². The highest BCUT2D eigenvalue weighted by atomic mass is 19.4. The van der Waals surface area contributed by atoms with Gasteiger partial charge in [0.05, 0.1) is 16.6 Å². The van der Waals surface area contributed by atoms with Gasteiger partial charge in [-0.2, -0.15) is 13.2 Å². The monoisotopic (exact) mass is 329 g/mol. The first-order valence-electron chi connectivity index (χ1n) is 7.75. The van der Waals surface area contributed by atoms with E-state index < -0.39 is 17.8 Å². The topological polar surface area (TPSA) is 41.3 Å². The molecule has 0 saturated heterocycles. The quantitative estimate of drug-likeness (QED) is 0.882. The van der Waals surface area contributed by atoms with Crippen molar-refractivity contribution in [1.82, 2.24) is 14.5 Å². The summed E-state index contributed by atoms with van der Waals surface area (Å²) in [5.74, 6) is 0.395. The van der Waals surface area contributed by atoms with Gasteiger partial charge in [-0.1, -0.05) is 13.8 Å². The van der Waals surface area contributed by atoms with E-state index in [2.05, 4.69) is 23.7 Å². The van der Waals surface area contributed by atoms with Crippen molar-refractivity contribution in [3.05, 3.63) is 29.6 Å². The normalized spacial score (nSPS) is 13.9. The second-order valence-electron chi connectivity index (χ2n) is 5.53. The summed E-state index contributed by atoms with van der Waals surface area (Å²) < 4.78 is 40.3. The smallest absolute Gasteiger partial charge is 0.385 e. The van der Waals surface area contributed by atoms with E-state index in [0.29, 0.717) is 17.9 Å². The van der Waals surface area contributed by atoms with Crippen molar-refractivity contribution in [2.75, 3.05) is 19.6 Å². The third-order valence-corrected chi connectivity index (χ3v) is 4.01. The summed E-state index contributed by atoms with van der Waals surface area (Å²) in [5, 5.41) is 9.90. The Morgan fingerprint density at radius 1 is 1.26 bits per heavy atom. The van der Waals surface area contributed by atoms with Crippen molar-refractivity contribution in [2.24, 2.45) is 0 Å². The first-order chi connectivity index (χ1) is 10.8. The first-order valence-corrected chi connectivity index (χ1v) is 7.75. The molecule has 1 unspecified atom stereocenters. The third kappa shape index (κ3) is 3.84. The van der Waals surface area contributed by atoms with E-state index in [0.717, 1.165) is 31.8 Å². The molecule has 2 rings (SSSR count). The van der Waals surface area contributed by atoms with E-state index in [9.17, 15) is 18.3 Å². The van der Waals surface area contributed by atoms with Gasteiger partial charge in [0.1, 0.15) is 11.9 Å². The molecule has 1 atom stereocenters. The summed E-state index contributed by atoms with van der Waals surface area (Å²) in [7, 11) is 0. The van der Waals surface area contributed by atoms with Gasteiger partial charge in [-0.25, -0.2) is 4.98 Å². The van der Waals surface area contributed by atoms with Gasteiger partial charge in [-0.15, -0.1) is 0 Å². The summed E-state index contributed by atoms with van der Waals surface area (Å²) in [6.07, 6.45) is -5.24. The van der Waals surface area contributed by atoms with E-state index in [1.165, 1.54) is 6.07 Å². The van der Waals surface area contributed by atoms with Crippen molar-refractivity contribution in [3.8, 4) is 0 Å². The molecule has 0 aliphatic heterocycles. The molecular formula is C16H22F3N3O. The lowest BCUT2D eigenvalue weighted by Gasteiger charge is -2.19. The Morgan fingerprint density at radius 3 is 2.43 bits per heavy atom. The molecule has 7 heteroatoms. The van der Waals surface area contributed by atoms with Crippen molar-refractivity contribution in [2.45, 2.75) is 39.6 Å². The van der Waals surface area contributed by atoms with Gasteiger partial charge >= 0.3 is 6.18 Å². The molecule has 1 N–H and O–H groups in total. The number of rotatable bonds is 6. The highest BCUT2D eigenvalue weighted by Crippen LogP contribution is 2.32. The number of aliphatic hydroxyl groups excluding tert-OH is 1. The van der Waals surface area contributed by atoms with Crippen molar-refractivity contribution in [1.29, 1.82) is 0 Å². The van der Waals surface area contributed by atoms with Crippen molar-refractivity contribution < 1.29 is 18.3 Å². The number of hydrogen-bond acceptors (Lipinski definition) is 3. The fourth-order valence-electron chi connectivity index (χ4n) is 2.66. The number of hydrogen-bond donors (Lipinski definition) is 1. The highest BCUT2D eigenvalue weighted by Gasteiger charge is 2.31. The number of aromatic nitrogens is 2. The number of nitrogens with zero attached hydrogens (tertiary/aromatic N) is 3. The number of fused-ring (bicyclic) bond motifs is 1. The Labute approximate surface area is 133 Å². The minimum Gasteiger partial charge on any atom is -0.385 e. The van der Waals surface area contributed by atoms with Crippen LogP contribution in [0.2, 0.25) is 0 Å². The van der Waals surface area contributed by atoms with Crippen LogP contribution in [0.1, 0.15) is 38.3 Å². The fourth-order valence-corrected chi connectivity index (χ4v) is 2.66. The van der Waals surface area contributed by atoms with Gasteiger partial charge in [0.15, 0.2) is 0 Å². The molecule has 0 amide bonds. The van der Waals surface area contributed by atoms with Crippen LogP contribution in [-0.4, -0.2) is 39.2 Å². The molecule has 0 aliphatic carbocycles. The maximum atomic E-state index is 12.8. The average molecular weight is 329 g/mol. The predicted octanol–water partition coefficient (Wildman–Crippen LogP) is 3.45. The van der Waals surface area contributed by atoms with Crippen LogP contribution in [-0.2, 0) is 12.7 Å². The zero-order chi connectivity index (χ0) is 17.2. The maximum Gasteiger partial charge on any atom is 0.416 e. The minimum absolute atomic E-state index is 0.260. The minimum atomic E-state index is -4.40. The van der Waals surface area contributed by atoms with Gasteiger partial charge in [0.2, 0.25) is 0 Å². The van der Waals surface area contributed by atoms with E-state index in [4.69, 9.17) is 0 Å². The first kappa shape index (κ1) is 17.7. The van der Waals surface area contributed by atoms with Crippen LogP contribution in [0, 0.1) is 0 Å². The molecule has 4 nitrogen and oxygen atoms in total. The molecule has 1 aromatic carbocycles. The zero-order valence-electron chi connectivity index (χ0n) is 13.6. The van der Waals surface area contributed by atoms with Crippen LogP contribution in [0.5, 0.6) is 0 Å². The van der Waals surface area contributed by atoms with E-state index in [1.54, 1.807) is 11.5 Å². The molecule has 0 saturated carbocycles. The van der Waals surface area contributed by atoms with Crippen LogP contribution in [0.3, 0.4) is 0 Å². The molecule has 0 aliphatic rings. The van der Waals surface area contributed by atoms with Gasteiger partial charge in [0, 0.05) is 13.1 Å². The third-order valence-electron chi connectivity index (χ3n) is 4.01. The lowest BCUT2D eigenvalue weighted by atomic mass is 10.2. The standard InChI is InChI=1S/C16H22F3N3O/c1-4-21(5-2)8-9-22-14-7-6-12(16(17,18)19)10-13(14)20-15(22)11(3)23/h6-7,10-11,23H,4-5,8-9H2,1-3H3. The summed E-state index contributed by atoms with van der Waals surface area (Å²) >= 11 is 0. The number of alkyl halides is 3. The molecule has 1 aromatic heterocycles. The molecular weight excluding hydrogens is 307 g/mol. The van der Waals surface area contributed by atoms with Crippen LogP contribution in [0.25, 0.3) is 11.0 Å². The lowest BCUT2D eigenvalue weighted by molar-refractivity contribution is -0.137. The number of halogens is 3. The summed E-state index contributed by atoms with van der Waals surface area (Å²) in [6, 6.07) is 3.53. The molecule has 0 bridgehead atoms. The van der Waals surface area contributed by atoms with E-state index >= 15 is 0 Å². The maximum absolute atomic E-state index is 12.8. The second-order valence-corrected chi connectivity index (χ2v) is 5.53. The van der Waals surface area contributed by atoms with Crippen LogP contribution in [0.15, 0.2) is 18.2 Å². The molecule has 1 heterocycles. The molecule has 23 heavy (non-hydrogen) atoms. The van der Waals surface area contributed by atoms with E-state index in [-0.39, 0.29) is 5.52 Å². The molecule has 0 fully saturated rings. The average Bonchev–Trinajstić information content (AvgIpc) is 2.85. The fraction of sp³-hybridized carbons (Fsp3) is 0.562. The molecule has 0 radical (unpaired) electrons. The Morgan fingerprint density at radius 2 is 1.91 bits per heavy atom. The Balaban J connectivity index is 2.43. The van der Waals surface area contributed by atoms with Gasteiger partial charge in [-0.05, 0) is 38.2 Å². The summed E-state index contributed by atoms with van der Waals surface area (Å²) in [4.78, 5) is 6.42. The number of likely N-dealkylation sites (N-methyl/N-ethyl adjacent to an activating group) is 1. The van der Waals surface area contributed by atoms with Crippen LogP contribution in [0.4, 0.5) is 13.2 Å². The van der Waals surface area contributed by atoms with E-state index in [1.807, 2.05) is 0 Å². The van der Waals surface area contributed by atoms with Gasteiger partial charge < -0.3 is 14.6 Å². The number of aliphatic hydroxyl groups is 1.